The lowest BCUT2D eigenvalue weighted by Gasteiger charge is -2.09. The fourth-order valence-electron chi connectivity index (χ4n) is 1.85. The predicted molar refractivity (Wildman–Crippen MR) is 73.5 cm³/mol. The molecule has 0 amide bonds. The van der Waals surface area contributed by atoms with Crippen LogP contribution in [0.3, 0.4) is 0 Å². The van der Waals surface area contributed by atoms with E-state index in [1.165, 1.54) is 11.1 Å². The van der Waals surface area contributed by atoms with Gasteiger partial charge in [-0.15, -0.1) is 11.6 Å². The SMILES string of the molecule is Cc1ccc(Oc2c(CCl)c(C)nn2C)cc1C. The average molecular weight is 265 g/mol. The third-order valence-corrected chi connectivity index (χ3v) is 3.38. The molecule has 0 bridgehead atoms. The standard InChI is InChI=1S/C14H17ClN2O/c1-9-5-6-12(7-10(9)2)18-14-13(8-15)11(3)16-17(14)4/h5-7H,8H2,1-4H3. The molecular formula is C14H17ClN2O. The number of ether oxygens (including phenoxy) is 1. The third kappa shape index (κ3) is 2.36. The first-order valence-corrected chi connectivity index (χ1v) is 6.40. The van der Waals surface area contributed by atoms with Gasteiger partial charge < -0.3 is 4.74 Å². The molecule has 18 heavy (non-hydrogen) atoms. The molecule has 0 fully saturated rings. The molecule has 1 heterocycles. The van der Waals surface area contributed by atoms with E-state index in [-0.39, 0.29) is 0 Å². The molecule has 1 aromatic heterocycles. The molecule has 3 nitrogen and oxygen atoms in total. The largest absolute Gasteiger partial charge is 0.439 e. The van der Waals surface area contributed by atoms with E-state index >= 15 is 0 Å². The Balaban J connectivity index is 2.36. The molecule has 0 aliphatic carbocycles. The van der Waals surface area contributed by atoms with Crippen molar-refractivity contribution in [1.29, 1.82) is 0 Å². The number of aryl methyl sites for hydroxylation is 4. The molecular weight excluding hydrogens is 248 g/mol. The first-order valence-electron chi connectivity index (χ1n) is 5.86. The van der Waals surface area contributed by atoms with Gasteiger partial charge in [0, 0.05) is 7.05 Å². The van der Waals surface area contributed by atoms with Gasteiger partial charge in [0.2, 0.25) is 5.88 Å². The average Bonchev–Trinajstić information content (AvgIpc) is 2.58. The van der Waals surface area contributed by atoms with Crippen molar-refractivity contribution in [2.24, 2.45) is 7.05 Å². The van der Waals surface area contributed by atoms with E-state index in [1.54, 1.807) is 4.68 Å². The van der Waals surface area contributed by atoms with Crippen LogP contribution in [0.4, 0.5) is 0 Å². The van der Waals surface area contributed by atoms with Crippen LogP contribution < -0.4 is 4.74 Å². The highest BCUT2D eigenvalue weighted by atomic mass is 35.5. The van der Waals surface area contributed by atoms with Crippen LogP contribution in [0.25, 0.3) is 0 Å². The molecule has 0 aliphatic heterocycles. The fourth-order valence-corrected chi connectivity index (χ4v) is 2.16. The predicted octanol–water partition coefficient (Wildman–Crippen LogP) is 3.88. The smallest absolute Gasteiger partial charge is 0.222 e. The fraction of sp³-hybridized carbons (Fsp3) is 0.357. The maximum Gasteiger partial charge on any atom is 0.222 e. The number of nitrogens with zero attached hydrogens (tertiary/aromatic N) is 2. The van der Waals surface area contributed by atoms with Gasteiger partial charge in [-0.1, -0.05) is 6.07 Å². The van der Waals surface area contributed by atoms with Crippen molar-refractivity contribution >= 4 is 11.6 Å². The number of rotatable bonds is 3. The molecule has 0 saturated heterocycles. The summed E-state index contributed by atoms with van der Waals surface area (Å²) in [6.07, 6.45) is 0. The Labute approximate surface area is 112 Å². The van der Waals surface area contributed by atoms with Gasteiger partial charge in [0.15, 0.2) is 0 Å². The minimum Gasteiger partial charge on any atom is -0.439 e. The van der Waals surface area contributed by atoms with Crippen LogP contribution in [0, 0.1) is 20.8 Å². The van der Waals surface area contributed by atoms with Crippen LogP contribution in [0.1, 0.15) is 22.4 Å². The van der Waals surface area contributed by atoms with Gasteiger partial charge in [-0.25, -0.2) is 4.68 Å². The van der Waals surface area contributed by atoms with Crippen molar-refractivity contribution < 1.29 is 4.74 Å². The molecule has 0 atom stereocenters. The summed E-state index contributed by atoms with van der Waals surface area (Å²) in [4.78, 5) is 0. The quantitative estimate of drug-likeness (QED) is 0.787. The van der Waals surface area contributed by atoms with Crippen LogP contribution >= 0.6 is 11.6 Å². The van der Waals surface area contributed by atoms with Gasteiger partial charge in [-0.3, -0.25) is 0 Å². The second kappa shape index (κ2) is 5.02. The van der Waals surface area contributed by atoms with Crippen LogP contribution in [0.5, 0.6) is 11.6 Å². The molecule has 1 aromatic carbocycles. The normalized spacial score (nSPS) is 10.7. The summed E-state index contributed by atoms with van der Waals surface area (Å²) < 4.78 is 7.63. The van der Waals surface area contributed by atoms with Crippen molar-refractivity contribution in [2.75, 3.05) is 0 Å². The van der Waals surface area contributed by atoms with Gasteiger partial charge in [0.1, 0.15) is 5.75 Å². The minimum atomic E-state index is 0.403. The van der Waals surface area contributed by atoms with Crippen LogP contribution in [0.15, 0.2) is 18.2 Å². The van der Waals surface area contributed by atoms with E-state index in [4.69, 9.17) is 16.3 Å². The Bertz CT molecular complexity index is 575. The Morgan fingerprint density at radius 1 is 1.22 bits per heavy atom. The summed E-state index contributed by atoms with van der Waals surface area (Å²) in [5.41, 5.74) is 4.31. The number of aromatic nitrogens is 2. The van der Waals surface area contributed by atoms with Crippen molar-refractivity contribution in [3.8, 4) is 11.6 Å². The van der Waals surface area contributed by atoms with Crippen molar-refractivity contribution in [2.45, 2.75) is 26.7 Å². The summed E-state index contributed by atoms with van der Waals surface area (Å²) in [7, 11) is 1.86. The second-order valence-electron chi connectivity index (χ2n) is 4.47. The van der Waals surface area contributed by atoms with Crippen LogP contribution in [-0.4, -0.2) is 9.78 Å². The summed E-state index contributed by atoms with van der Waals surface area (Å²) in [5.74, 6) is 1.93. The maximum absolute atomic E-state index is 5.94. The maximum atomic E-state index is 5.94. The van der Waals surface area contributed by atoms with E-state index in [2.05, 4.69) is 18.9 Å². The monoisotopic (exact) mass is 264 g/mol. The van der Waals surface area contributed by atoms with Gasteiger partial charge in [-0.2, -0.15) is 5.10 Å². The van der Waals surface area contributed by atoms with Crippen LogP contribution in [0.2, 0.25) is 0 Å². The topological polar surface area (TPSA) is 27.1 Å². The zero-order valence-corrected chi connectivity index (χ0v) is 11.9. The molecule has 2 aromatic rings. The summed E-state index contributed by atoms with van der Waals surface area (Å²) in [6.45, 7) is 6.08. The Kier molecular flexibility index (Phi) is 3.62. The summed E-state index contributed by atoms with van der Waals surface area (Å²) in [6, 6.07) is 6.03. The Hall–Kier alpha value is -1.48. The Morgan fingerprint density at radius 2 is 1.94 bits per heavy atom. The van der Waals surface area contributed by atoms with Crippen molar-refractivity contribution in [1.82, 2.24) is 9.78 Å². The number of halogens is 1. The Morgan fingerprint density at radius 3 is 2.56 bits per heavy atom. The highest BCUT2D eigenvalue weighted by Crippen LogP contribution is 2.29. The molecule has 2 rings (SSSR count). The zero-order valence-electron chi connectivity index (χ0n) is 11.1. The van der Waals surface area contributed by atoms with E-state index in [0.29, 0.717) is 11.8 Å². The molecule has 4 heteroatoms. The lowest BCUT2D eigenvalue weighted by molar-refractivity contribution is 0.427. The van der Waals surface area contributed by atoms with E-state index in [0.717, 1.165) is 17.0 Å². The van der Waals surface area contributed by atoms with Gasteiger partial charge in [0.05, 0.1) is 17.1 Å². The minimum absolute atomic E-state index is 0.403. The first-order chi connectivity index (χ1) is 8.52. The summed E-state index contributed by atoms with van der Waals surface area (Å²) in [5, 5.41) is 4.33. The molecule has 0 unspecified atom stereocenters. The second-order valence-corrected chi connectivity index (χ2v) is 4.74. The lowest BCUT2D eigenvalue weighted by Crippen LogP contribution is -1.97. The molecule has 0 radical (unpaired) electrons. The number of alkyl halides is 1. The van der Waals surface area contributed by atoms with Crippen LogP contribution in [-0.2, 0) is 12.9 Å². The van der Waals surface area contributed by atoms with E-state index in [1.807, 2.05) is 32.2 Å². The van der Waals surface area contributed by atoms with Crippen molar-refractivity contribution in [3.05, 3.63) is 40.6 Å². The first kappa shape index (κ1) is 13.0. The van der Waals surface area contributed by atoms with Gasteiger partial charge in [0.25, 0.3) is 0 Å². The van der Waals surface area contributed by atoms with Gasteiger partial charge in [-0.05, 0) is 44.0 Å². The molecule has 96 valence electrons. The number of hydrogen-bond donors (Lipinski definition) is 0. The highest BCUT2D eigenvalue weighted by molar-refractivity contribution is 6.17. The van der Waals surface area contributed by atoms with E-state index < -0.39 is 0 Å². The molecule has 0 N–H and O–H groups in total. The highest BCUT2D eigenvalue weighted by Gasteiger charge is 2.14. The zero-order chi connectivity index (χ0) is 13.3. The molecule has 0 spiro atoms. The molecule has 0 saturated carbocycles. The number of benzene rings is 1. The molecule has 0 aliphatic rings. The summed E-state index contributed by atoms with van der Waals surface area (Å²) >= 11 is 5.94. The van der Waals surface area contributed by atoms with Crippen molar-refractivity contribution in [3.63, 3.8) is 0 Å². The van der Waals surface area contributed by atoms with Gasteiger partial charge >= 0.3 is 0 Å². The third-order valence-electron chi connectivity index (χ3n) is 3.12. The number of hydrogen-bond acceptors (Lipinski definition) is 2. The lowest BCUT2D eigenvalue weighted by atomic mass is 10.1. The van der Waals surface area contributed by atoms with E-state index in [9.17, 15) is 0 Å².